The van der Waals surface area contributed by atoms with Gasteiger partial charge in [0.05, 0.1) is 22.1 Å². The first-order valence-corrected chi connectivity index (χ1v) is 17.9. The number of rotatable bonds is 4. The molecular formula is C50H32N2. The standard InChI is InChI=1S/C50H32N2/c1-3-13-33(14-4-1)39-21-11-17-35-25-27-37(31-43(35)39)51-45-23-9-7-19-41(45)49-47(51)29-30-48-50(49)42-20-8-10-24-46(42)52(48)38-28-26-36-18-12-22-40(44(36)32-38)34-15-5-2-6-16-34/h1-32H. The fraction of sp³-hybridized carbons (Fsp3) is 0. The molecule has 242 valence electrons. The van der Waals surface area contributed by atoms with Gasteiger partial charge in [-0.2, -0.15) is 0 Å². The summed E-state index contributed by atoms with van der Waals surface area (Å²) in [5.41, 5.74) is 12.1. The maximum atomic E-state index is 2.46. The molecule has 2 heterocycles. The van der Waals surface area contributed by atoms with E-state index in [2.05, 4.69) is 203 Å². The zero-order valence-corrected chi connectivity index (χ0v) is 28.4. The molecule has 0 fully saturated rings. The molecule has 2 aromatic heterocycles. The second-order valence-electron chi connectivity index (χ2n) is 13.7. The van der Waals surface area contributed by atoms with E-state index in [4.69, 9.17) is 0 Å². The predicted molar refractivity (Wildman–Crippen MR) is 221 cm³/mol. The summed E-state index contributed by atoms with van der Waals surface area (Å²) < 4.78 is 4.92. The summed E-state index contributed by atoms with van der Waals surface area (Å²) in [4.78, 5) is 0. The molecule has 0 amide bonds. The lowest BCUT2D eigenvalue weighted by molar-refractivity contribution is 1.18. The lowest BCUT2D eigenvalue weighted by Crippen LogP contribution is -1.95. The van der Waals surface area contributed by atoms with Crippen molar-refractivity contribution >= 4 is 65.2 Å². The Morgan fingerprint density at radius 2 is 0.692 bits per heavy atom. The molecule has 0 aliphatic heterocycles. The van der Waals surface area contributed by atoms with Crippen molar-refractivity contribution in [2.75, 3.05) is 0 Å². The van der Waals surface area contributed by atoms with Crippen LogP contribution in [0.5, 0.6) is 0 Å². The van der Waals surface area contributed by atoms with Crippen LogP contribution in [0.3, 0.4) is 0 Å². The second-order valence-corrected chi connectivity index (χ2v) is 13.7. The van der Waals surface area contributed by atoms with Crippen molar-refractivity contribution < 1.29 is 0 Å². The molecule has 0 atom stereocenters. The average molecular weight is 661 g/mol. The summed E-state index contributed by atoms with van der Waals surface area (Å²) in [6, 6.07) is 70.9. The number of nitrogens with zero attached hydrogens (tertiary/aromatic N) is 2. The van der Waals surface area contributed by atoms with Crippen molar-refractivity contribution in [3.05, 3.63) is 194 Å². The van der Waals surface area contributed by atoms with Crippen LogP contribution in [-0.2, 0) is 0 Å². The van der Waals surface area contributed by atoms with Gasteiger partial charge in [-0.3, -0.25) is 0 Å². The first-order chi connectivity index (χ1) is 25.8. The molecule has 0 unspecified atom stereocenters. The van der Waals surface area contributed by atoms with Gasteiger partial charge in [0, 0.05) is 32.9 Å². The van der Waals surface area contributed by atoms with Crippen molar-refractivity contribution in [3.63, 3.8) is 0 Å². The molecule has 0 N–H and O–H groups in total. The topological polar surface area (TPSA) is 9.86 Å². The smallest absolute Gasteiger partial charge is 0.0548 e. The Kier molecular flexibility index (Phi) is 6.28. The third-order valence-electron chi connectivity index (χ3n) is 10.9. The summed E-state index contributed by atoms with van der Waals surface area (Å²) in [6.07, 6.45) is 0. The van der Waals surface area contributed by atoms with Gasteiger partial charge in [-0.05, 0) is 92.3 Å². The van der Waals surface area contributed by atoms with Gasteiger partial charge in [0.25, 0.3) is 0 Å². The van der Waals surface area contributed by atoms with E-state index in [-0.39, 0.29) is 0 Å². The van der Waals surface area contributed by atoms with E-state index < -0.39 is 0 Å². The molecular weight excluding hydrogens is 629 g/mol. The summed E-state index contributed by atoms with van der Waals surface area (Å²) in [5, 5.41) is 10.1. The quantitative estimate of drug-likeness (QED) is 0.178. The van der Waals surface area contributed by atoms with Gasteiger partial charge < -0.3 is 9.13 Å². The van der Waals surface area contributed by atoms with Crippen LogP contribution in [0.2, 0.25) is 0 Å². The molecule has 2 nitrogen and oxygen atoms in total. The lowest BCUT2D eigenvalue weighted by atomic mass is 9.98. The van der Waals surface area contributed by atoms with Crippen molar-refractivity contribution in [1.82, 2.24) is 9.13 Å². The van der Waals surface area contributed by atoms with E-state index in [0.29, 0.717) is 0 Å². The fourth-order valence-corrected chi connectivity index (χ4v) is 8.61. The van der Waals surface area contributed by atoms with Crippen LogP contribution in [0.4, 0.5) is 0 Å². The monoisotopic (exact) mass is 660 g/mol. The zero-order valence-electron chi connectivity index (χ0n) is 28.4. The van der Waals surface area contributed by atoms with E-state index in [9.17, 15) is 0 Å². The maximum Gasteiger partial charge on any atom is 0.0548 e. The number of fused-ring (bicyclic) bond motifs is 9. The third-order valence-corrected chi connectivity index (χ3v) is 10.9. The Morgan fingerprint density at radius 3 is 1.15 bits per heavy atom. The Bertz CT molecular complexity index is 2950. The Morgan fingerprint density at radius 1 is 0.269 bits per heavy atom. The molecule has 9 aromatic carbocycles. The van der Waals surface area contributed by atoms with Gasteiger partial charge in [-0.25, -0.2) is 0 Å². The Balaban J connectivity index is 1.20. The van der Waals surface area contributed by atoms with Crippen molar-refractivity contribution in [2.24, 2.45) is 0 Å². The number of hydrogen-bond acceptors (Lipinski definition) is 0. The Hall–Kier alpha value is -6.90. The SMILES string of the molecule is c1ccc(-c2cccc3ccc(-n4c5ccccc5c5c6c7ccccc7n(-c7ccc8cccc(-c9ccccc9)c8c7)c6ccc54)cc23)cc1. The van der Waals surface area contributed by atoms with Crippen molar-refractivity contribution in [3.8, 4) is 33.6 Å². The lowest BCUT2D eigenvalue weighted by Gasteiger charge is -2.13. The molecule has 11 rings (SSSR count). The summed E-state index contributed by atoms with van der Waals surface area (Å²) in [5.74, 6) is 0. The average Bonchev–Trinajstić information content (AvgIpc) is 3.73. The minimum absolute atomic E-state index is 1.16. The number of para-hydroxylation sites is 2. The molecule has 0 saturated carbocycles. The molecule has 2 heteroatoms. The molecule has 11 aromatic rings. The molecule has 0 aliphatic rings. The molecule has 0 bridgehead atoms. The normalized spacial score (nSPS) is 11.8. The second kappa shape index (κ2) is 11.3. The first kappa shape index (κ1) is 28.9. The largest absolute Gasteiger partial charge is 0.309 e. The molecule has 0 spiro atoms. The van der Waals surface area contributed by atoms with Crippen LogP contribution in [-0.4, -0.2) is 9.13 Å². The molecule has 0 radical (unpaired) electrons. The summed E-state index contributed by atoms with van der Waals surface area (Å²) in [7, 11) is 0. The van der Waals surface area contributed by atoms with Gasteiger partial charge in [-0.15, -0.1) is 0 Å². The van der Waals surface area contributed by atoms with Crippen LogP contribution < -0.4 is 0 Å². The first-order valence-electron chi connectivity index (χ1n) is 17.9. The number of benzene rings is 9. The highest BCUT2D eigenvalue weighted by atomic mass is 15.0. The minimum atomic E-state index is 1.16. The fourth-order valence-electron chi connectivity index (χ4n) is 8.61. The molecule has 0 aliphatic carbocycles. The van der Waals surface area contributed by atoms with E-state index in [1.165, 1.54) is 87.4 Å². The maximum absolute atomic E-state index is 2.46. The third kappa shape index (κ3) is 4.25. The van der Waals surface area contributed by atoms with E-state index in [0.717, 1.165) is 11.4 Å². The van der Waals surface area contributed by atoms with Gasteiger partial charge in [0.1, 0.15) is 0 Å². The van der Waals surface area contributed by atoms with Crippen molar-refractivity contribution in [1.29, 1.82) is 0 Å². The summed E-state index contributed by atoms with van der Waals surface area (Å²) >= 11 is 0. The van der Waals surface area contributed by atoms with E-state index in [1.54, 1.807) is 0 Å². The van der Waals surface area contributed by atoms with Gasteiger partial charge in [0.15, 0.2) is 0 Å². The van der Waals surface area contributed by atoms with Crippen LogP contribution >= 0.6 is 0 Å². The van der Waals surface area contributed by atoms with Crippen molar-refractivity contribution in [2.45, 2.75) is 0 Å². The minimum Gasteiger partial charge on any atom is -0.309 e. The number of hydrogen-bond donors (Lipinski definition) is 0. The van der Waals surface area contributed by atoms with E-state index >= 15 is 0 Å². The van der Waals surface area contributed by atoms with Crippen LogP contribution in [0.1, 0.15) is 0 Å². The van der Waals surface area contributed by atoms with Gasteiger partial charge >= 0.3 is 0 Å². The highest BCUT2D eigenvalue weighted by Crippen LogP contribution is 2.43. The van der Waals surface area contributed by atoms with Crippen LogP contribution in [0.25, 0.3) is 98.8 Å². The van der Waals surface area contributed by atoms with Gasteiger partial charge in [-0.1, -0.05) is 146 Å². The predicted octanol–water partition coefficient (Wildman–Crippen LogP) is 13.5. The molecule has 52 heavy (non-hydrogen) atoms. The highest BCUT2D eigenvalue weighted by Gasteiger charge is 2.21. The Labute approximate surface area is 301 Å². The number of aromatic nitrogens is 2. The zero-order chi connectivity index (χ0) is 34.2. The van der Waals surface area contributed by atoms with Gasteiger partial charge in [0.2, 0.25) is 0 Å². The van der Waals surface area contributed by atoms with E-state index in [1.807, 2.05) is 0 Å². The van der Waals surface area contributed by atoms with Crippen LogP contribution in [0.15, 0.2) is 194 Å². The summed E-state index contributed by atoms with van der Waals surface area (Å²) in [6.45, 7) is 0. The molecule has 0 saturated heterocycles. The van der Waals surface area contributed by atoms with Crippen LogP contribution in [0, 0.1) is 0 Å². The highest BCUT2D eigenvalue weighted by molar-refractivity contribution is 6.29.